The molecule has 18 heavy (non-hydrogen) atoms. The zero-order valence-electron chi connectivity index (χ0n) is 10.6. The Morgan fingerprint density at radius 1 is 1.50 bits per heavy atom. The summed E-state index contributed by atoms with van der Waals surface area (Å²) in [6.45, 7) is 4.38. The summed E-state index contributed by atoms with van der Waals surface area (Å²) < 4.78 is 5.66. The third kappa shape index (κ3) is 1.82. The van der Waals surface area contributed by atoms with Crippen LogP contribution in [0.2, 0.25) is 0 Å². The van der Waals surface area contributed by atoms with E-state index in [4.69, 9.17) is 4.74 Å². The van der Waals surface area contributed by atoms with E-state index in [1.54, 1.807) is 0 Å². The minimum atomic E-state index is 0.0977. The third-order valence-corrected chi connectivity index (χ3v) is 3.72. The summed E-state index contributed by atoms with van der Waals surface area (Å²) >= 11 is 0. The van der Waals surface area contributed by atoms with E-state index in [0.29, 0.717) is 24.0 Å². The number of benzene rings is 1. The molecule has 1 aromatic rings. The zero-order chi connectivity index (χ0) is 12.5. The molecule has 0 radical (unpaired) electrons. The number of amides is 1. The number of likely N-dealkylation sites (tertiary alicyclic amines) is 1. The second kappa shape index (κ2) is 4.52. The van der Waals surface area contributed by atoms with Crippen molar-refractivity contribution in [1.82, 2.24) is 4.90 Å². The van der Waals surface area contributed by atoms with Crippen LogP contribution in [0.3, 0.4) is 0 Å². The van der Waals surface area contributed by atoms with Gasteiger partial charge in [-0.3, -0.25) is 4.79 Å². The van der Waals surface area contributed by atoms with Crippen molar-refractivity contribution in [2.24, 2.45) is 0 Å². The van der Waals surface area contributed by atoms with Gasteiger partial charge in [-0.1, -0.05) is 6.07 Å². The van der Waals surface area contributed by atoms with Gasteiger partial charge in [-0.05, 0) is 31.9 Å². The van der Waals surface area contributed by atoms with E-state index in [0.717, 1.165) is 31.6 Å². The van der Waals surface area contributed by atoms with Gasteiger partial charge in [-0.15, -0.1) is 0 Å². The van der Waals surface area contributed by atoms with E-state index in [-0.39, 0.29) is 5.91 Å². The molecule has 1 N–H and O–H groups in total. The van der Waals surface area contributed by atoms with Crippen molar-refractivity contribution in [1.29, 1.82) is 0 Å². The van der Waals surface area contributed by atoms with Gasteiger partial charge < -0.3 is 15.0 Å². The van der Waals surface area contributed by atoms with Crippen LogP contribution in [0.15, 0.2) is 18.2 Å². The van der Waals surface area contributed by atoms with E-state index in [2.05, 4.69) is 12.2 Å². The summed E-state index contributed by atoms with van der Waals surface area (Å²) in [5.74, 6) is 0.813. The maximum atomic E-state index is 12.5. The van der Waals surface area contributed by atoms with Crippen molar-refractivity contribution in [3.63, 3.8) is 0 Å². The molecule has 2 aliphatic rings. The normalized spacial score (nSPS) is 22.1. The van der Waals surface area contributed by atoms with Crippen LogP contribution >= 0.6 is 0 Å². The summed E-state index contributed by atoms with van der Waals surface area (Å²) in [4.78, 5) is 14.5. The Bertz CT molecular complexity index is 473. The van der Waals surface area contributed by atoms with Gasteiger partial charge in [0, 0.05) is 19.1 Å². The summed E-state index contributed by atoms with van der Waals surface area (Å²) in [7, 11) is 0. The van der Waals surface area contributed by atoms with E-state index in [1.807, 2.05) is 23.1 Å². The first-order valence-corrected chi connectivity index (χ1v) is 6.58. The average Bonchev–Trinajstić information content (AvgIpc) is 2.83. The molecule has 96 valence electrons. The van der Waals surface area contributed by atoms with Crippen LogP contribution in [0.25, 0.3) is 0 Å². The summed E-state index contributed by atoms with van der Waals surface area (Å²) in [5.41, 5.74) is 1.62. The predicted molar refractivity (Wildman–Crippen MR) is 70.2 cm³/mol. The number of nitrogens with one attached hydrogen (secondary N) is 1. The lowest BCUT2D eigenvalue weighted by Crippen LogP contribution is -2.34. The van der Waals surface area contributed by atoms with Crippen LogP contribution in [-0.2, 0) is 0 Å². The molecule has 1 atom stereocenters. The molecule has 0 aliphatic carbocycles. The highest BCUT2D eigenvalue weighted by Gasteiger charge is 2.29. The number of carbonyl (C=O) groups is 1. The molecule has 4 nitrogen and oxygen atoms in total. The van der Waals surface area contributed by atoms with Crippen molar-refractivity contribution in [3.8, 4) is 5.75 Å². The van der Waals surface area contributed by atoms with Gasteiger partial charge in [0.15, 0.2) is 5.75 Å². The Morgan fingerprint density at radius 2 is 2.39 bits per heavy atom. The van der Waals surface area contributed by atoms with Gasteiger partial charge in [0.2, 0.25) is 0 Å². The fraction of sp³-hybridized carbons (Fsp3) is 0.500. The Balaban J connectivity index is 1.94. The van der Waals surface area contributed by atoms with Crippen molar-refractivity contribution in [2.75, 3.05) is 25.0 Å². The molecule has 2 heterocycles. The second-order valence-electron chi connectivity index (χ2n) is 4.95. The maximum Gasteiger partial charge on any atom is 0.257 e. The van der Waals surface area contributed by atoms with E-state index >= 15 is 0 Å². The van der Waals surface area contributed by atoms with Gasteiger partial charge in [0.05, 0.1) is 11.3 Å². The molecule has 1 amide bonds. The Morgan fingerprint density at radius 3 is 3.17 bits per heavy atom. The Labute approximate surface area is 107 Å². The van der Waals surface area contributed by atoms with Crippen LogP contribution in [0.5, 0.6) is 5.75 Å². The van der Waals surface area contributed by atoms with E-state index in [1.165, 1.54) is 0 Å². The predicted octanol–water partition coefficient (Wildman–Crippen LogP) is 2.12. The second-order valence-corrected chi connectivity index (χ2v) is 4.95. The fourth-order valence-corrected chi connectivity index (χ4v) is 2.73. The SMILES string of the molecule is CC1CCCN1C(=O)c1cccc2c1OCCN2. The number of hydrogen-bond donors (Lipinski definition) is 1. The maximum absolute atomic E-state index is 12.5. The molecule has 0 aromatic heterocycles. The quantitative estimate of drug-likeness (QED) is 0.825. The number of nitrogens with zero attached hydrogens (tertiary/aromatic N) is 1. The molecule has 1 fully saturated rings. The zero-order valence-corrected chi connectivity index (χ0v) is 10.6. The number of carbonyl (C=O) groups excluding carboxylic acids is 1. The number of hydrogen-bond acceptors (Lipinski definition) is 3. The topological polar surface area (TPSA) is 41.6 Å². The van der Waals surface area contributed by atoms with Crippen LogP contribution in [0.4, 0.5) is 5.69 Å². The molecular weight excluding hydrogens is 228 g/mol. The number of fused-ring (bicyclic) bond motifs is 1. The molecule has 1 aromatic carbocycles. The monoisotopic (exact) mass is 246 g/mol. The highest BCUT2D eigenvalue weighted by Crippen LogP contribution is 2.33. The number of para-hydroxylation sites is 1. The smallest absolute Gasteiger partial charge is 0.257 e. The molecule has 1 saturated heterocycles. The largest absolute Gasteiger partial charge is 0.489 e. The molecule has 1 unspecified atom stereocenters. The molecule has 0 spiro atoms. The third-order valence-electron chi connectivity index (χ3n) is 3.72. The highest BCUT2D eigenvalue weighted by atomic mass is 16.5. The number of ether oxygens (including phenoxy) is 1. The van der Waals surface area contributed by atoms with Crippen molar-refractivity contribution >= 4 is 11.6 Å². The lowest BCUT2D eigenvalue weighted by Gasteiger charge is -2.25. The van der Waals surface area contributed by atoms with Crippen molar-refractivity contribution < 1.29 is 9.53 Å². The Kier molecular flexibility index (Phi) is 2.86. The van der Waals surface area contributed by atoms with Crippen LogP contribution < -0.4 is 10.1 Å². The van der Waals surface area contributed by atoms with Crippen LogP contribution in [-0.4, -0.2) is 36.5 Å². The van der Waals surface area contributed by atoms with Crippen molar-refractivity contribution in [2.45, 2.75) is 25.8 Å². The highest BCUT2D eigenvalue weighted by molar-refractivity contribution is 5.99. The Hall–Kier alpha value is -1.71. The van der Waals surface area contributed by atoms with Gasteiger partial charge in [0.25, 0.3) is 5.91 Å². The number of anilines is 1. The minimum absolute atomic E-state index is 0.0977. The lowest BCUT2D eigenvalue weighted by molar-refractivity contribution is 0.0743. The summed E-state index contributed by atoms with van der Waals surface area (Å²) in [6.07, 6.45) is 2.20. The van der Waals surface area contributed by atoms with Crippen LogP contribution in [0, 0.1) is 0 Å². The van der Waals surface area contributed by atoms with E-state index < -0.39 is 0 Å². The average molecular weight is 246 g/mol. The lowest BCUT2D eigenvalue weighted by atomic mass is 10.1. The summed E-state index contributed by atoms with van der Waals surface area (Å²) in [5, 5.41) is 3.26. The molecule has 4 heteroatoms. The van der Waals surface area contributed by atoms with Gasteiger partial charge >= 0.3 is 0 Å². The van der Waals surface area contributed by atoms with Crippen molar-refractivity contribution in [3.05, 3.63) is 23.8 Å². The van der Waals surface area contributed by atoms with Gasteiger partial charge in [-0.25, -0.2) is 0 Å². The molecule has 0 saturated carbocycles. The number of rotatable bonds is 1. The minimum Gasteiger partial charge on any atom is -0.489 e. The fourth-order valence-electron chi connectivity index (χ4n) is 2.73. The van der Waals surface area contributed by atoms with E-state index in [9.17, 15) is 4.79 Å². The first-order chi connectivity index (χ1) is 8.77. The molecule has 2 aliphatic heterocycles. The standard InChI is InChI=1S/C14H18N2O2/c1-10-4-3-8-16(10)14(17)11-5-2-6-12-13(11)18-9-7-15-12/h2,5-6,10,15H,3-4,7-9H2,1H3. The molecule has 3 rings (SSSR count). The van der Waals surface area contributed by atoms with Gasteiger partial charge in [-0.2, -0.15) is 0 Å². The molecule has 0 bridgehead atoms. The van der Waals surface area contributed by atoms with Crippen LogP contribution in [0.1, 0.15) is 30.1 Å². The van der Waals surface area contributed by atoms with Gasteiger partial charge in [0.1, 0.15) is 6.61 Å². The first kappa shape index (κ1) is 11.4. The summed E-state index contributed by atoms with van der Waals surface area (Å²) in [6, 6.07) is 6.07. The molecular formula is C14H18N2O2. The first-order valence-electron chi connectivity index (χ1n) is 6.58.